The molecule has 216 valence electrons. The van der Waals surface area contributed by atoms with Gasteiger partial charge in [0.05, 0.1) is 31.9 Å². The van der Waals surface area contributed by atoms with Crippen LogP contribution in [0.2, 0.25) is 0 Å². The number of amides is 2. The lowest BCUT2D eigenvalue weighted by molar-refractivity contribution is -0.150. The fraction of sp³-hybridized carbons (Fsp3) is 0.412. The number of carbonyl (C=O) groups excluding carboxylic acids is 2. The third kappa shape index (κ3) is 4.91. The van der Waals surface area contributed by atoms with E-state index in [1.54, 1.807) is 24.0 Å². The van der Waals surface area contributed by atoms with Crippen molar-refractivity contribution in [1.82, 2.24) is 4.90 Å². The number of hydrogen-bond donors (Lipinski definition) is 1. The Morgan fingerprint density at radius 1 is 1.05 bits per heavy atom. The summed E-state index contributed by atoms with van der Waals surface area (Å²) in [5, 5.41) is 9.79. The Labute approximate surface area is 242 Å². The van der Waals surface area contributed by atoms with Gasteiger partial charge in [-0.25, -0.2) is 0 Å². The standard InChI is InChI=1S/C34H40N2O5/c1-23-31(33(2,3)25-15-17-26(40-5)18-16-25)29(21-30(38)36(19-20-37)22-24-11-7-6-8-12-24)41-34(23)27-13-9-10-14-28(27)35(4)32(34)39/h6-18,23,29,31,37H,19-22H2,1-5H3/t23-,29+,31-,34+/m1/s1. The maximum absolute atomic E-state index is 14.1. The van der Waals surface area contributed by atoms with Gasteiger partial charge in [0, 0.05) is 37.5 Å². The molecular formula is C34H40N2O5. The summed E-state index contributed by atoms with van der Waals surface area (Å²) in [6.07, 6.45) is -0.433. The van der Waals surface area contributed by atoms with Crippen molar-refractivity contribution in [3.63, 3.8) is 0 Å². The normalized spacial score (nSPS) is 23.6. The van der Waals surface area contributed by atoms with E-state index in [1.807, 2.05) is 66.7 Å². The summed E-state index contributed by atoms with van der Waals surface area (Å²) in [6, 6.07) is 25.6. The highest BCUT2D eigenvalue weighted by Gasteiger charge is 2.65. The van der Waals surface area contributed by atoms with Crippen LogP contribution in [0.4, 0.5) is 5.69 Å². The Morgan fingerprint density at radius 2 is 1.71 bits per heavy atom. The van der Waals surface area contributed by atoms with Gasteiger partial charge in [-0.15, -0.1) is 0 Å². The number of anilines is 1. The molecule has 2 aliphatic rings. The van der Waals surface area contributed by atoms with Crippen LogP contribution in [0.1, 0.15) is 43.9 Å². The number of likely N-dealkylation sites (N-methyl/N-ethyl adjacent to an activating group) is 1. The minimum atomic E-state index is -1.19. The van der Waals surface area contributed by atoms with Crippen molar-refractivity contribution in [2.75, 3.05) is 32.2 Å². The van der Waals surface area contributed by atoms with Crippen molar-refractivity contribution in [3.8, 4) is 5.75 Å². The molecule has 41 heavy (non-hydrogen) atoms. The Bertz CT molecular complexity index is 1390. The van der Waals surface area contributed by atoms with E-state index in [0.29, 0.717) is 6.54 Å². The molecule has 3 aromatic rings. The van der Waals surface area contributed by atoms with Gasteiger partial charge in [-0.3, -0.25) is 9.59 Å². The van der Waals surface area contributed by atoms with Crippen molar-refractivity contribution in [3.05, 3.63) is 95.6 Å². The molecule has 1 fully saturated rings. The molecule has 0 bridgehead atoms. The molecule has 1 spiro atoms. The zero-order valence-electron chi connectivity index (χ0n) is 24.5. The van der Waals surface area contributed by atoms with Gasteiger partial charge >= 0.3 is 0 Å². The number of rotatable bonds is 9. The monoisotopic (exact) mass is 556 g/mol. The largest absolute Gasteiger partial charge is 0.497 e. The van der Waals surface area contributed by atoms with Gasteiger partial charge in [-0.1, -0.05) is 81.4 Å². The number of hydrogen-bond acceptors (Lipinski definition) is 5. The summed E-state index contributed by atoms with van der Waals surface area (Å²) >= 11 is 0. The molecule has 7 nitrogen and oxygen atoms in total. The first-order valence-corrected chi connectivity index (χ1v) is 14.3. The maximum Gasteiger partial charge on any atom is 0.264 e. The third-order valence-electron chi connectivity index (χ3n) is 9.19. The van der Waals surface area contributed by atoms with E-state index in [2.05, 4.69) is 32.9 Å². The van der Waals surface area contributed by atoms with E-state index in [1.165, 1.54) is 0 Å². The maximum atomic E-state index is 14.1. The van der Waals surface area contributed by atoms with Gasteiger partial charge < -0.3 is 24.4 Å². The van der Waals surface area contributed by atoms with Crippen LogP contribution < -0.4 is 9.64 Å². The molecule has 0 aromatic heterocycles. The average Bonchev–Trinajstić information content (AvgIpc) is 3.39. The number of benzene rings is 3. The van der Waals surface area contributed by atoms with E-state index < -0.39 is 17.1 Å². The molecule has 0 aliphatic carbocycles. The number of carbonyl (C=O) groups is 2. The van der Waals surface area contributed by atoms with Gasteiger partial charge in [-0.05, 0) is 34.7 Å². The Hall–Kier alpha value is -3.68. The number of aliphatic hydroxyl groups is 1. The van der Waals surface area contributed by atoms with Crippen molar-refractivity contribution in [2.45, 2.75) is 50.9 Å². The quantitative estimate of drug-likeness (QED) is 0.405. The highest BCUT2D eigenvalue weighted by molar-refractivity contribution is 6.07. The van der Waals surface area contributed by atoms with Gasteiger partial charge in [0.25, 0.3) is 5.91 Å². The number of aliphatic hydroxyl groups excluding tert-OH is 1. The van der Waals surface area contributed by atoms with E-state index in [4.69, 9.17) is 9.47 Å². The van der Waals surface area contributed by atoms with E-state index in [0.717, 1.165) is 28.1 Å². The van der Waals surface area contributed by atoms with Gasteiger partial charge in [0.1, 0.15) is 5.75 Å². The number of ether oxygens (including phenoxy) is 2. The van der Waals surface area contributed by atoms with Crippen molar-refractivity contribution in [1.29, 1.82) is 0 Å². The smallest absolute Gasteiger partial charge is 0.264 e. The number of fused-ring (bicyclic) bond motifs is 2. The van der Waals surface area contributed by atoms with Crippen LogP contribution in [0.25, 0.3) is 0 Å². The molecule has 2 aliphatic heterocycles. The average molecular weight is 557 g/mol. The fourth-order valence-corrected chi connectivity index (χ4v) is 7.09. The van der Waals surface area contributed by atoms with Crippen molar-refractivity contribution in [2.24, 2.45) is 11.8 Å². The summed E-state index contributed by atoms with van der Waals surface area (Å²) < 4.78 is 12.3. The molecular weight excluding hydrogens is 516 g/mol. The highest BCUT2D eigenvalue weighted by atomic mass is 16.5. The molecule has 2 amide bonds. The number of methoxy groups -OCH3 is 1. The van der Waals surface area contributed by atoms with Crippen LogP contribution in [0, 0.1) is 11.8 Å². The highest BCUT2D eigenvalue weighted by Crippen LogP contribution is 2.59. The van der Waals surface area contributed by atoms with Crippen LogP contribution in [0.3, 0.4) is 0 Å². The summed E-state index contributed by atoms with van der Waals surface area (Å²) in [6.45, 7) is 6.90. The summed E-state index contributed by atoms with van der Waals surface area (Å²) in [7, 11) is 3.43. The van der Waals surface area contributed by atoms with Crippen LogP contribution >= 0.6 is 0 Å². The minimum absolute atomic E-state index is 0.0995. The number of nitrogens with zero attached hydrogens (tertiary/aromatic N) is 2. The van der Waals surface area contributed by atoms with E-state index >= 15 is 0 Å². The van der Waals surface area contributed by atoms with E-state index in [-0.39, 0.29) is 43.2 Å². The van der Waals surface area contributed by atoms with Crippen LogP contribution in [-0.2, 0) is 31.9 Å². The third-order valence-corrected chi connectivity index (χ3v) is 9.19. The predicted octanol–water partition coefficient (Wildman–Crippen LogP) is 4.91. The zero-order chi connectivity index (χ0) is 29.4. The lowest BCUT2D eigenvalue weighted by Crippen LogP contribution is -2.45. The first kappa shape index (κ1) is 28.8. The topological polar surface area (TPSA) is 79.3 Å². The summed E-state index contributed by atoms with van der Waals surface area (Å²) in [5.74, 6) is 0.158. The van der Waals surface area contributed by atoms with Gasteiger partial charge in [0.15, 0.2) is 5.60 Å². The SMILES string of the molecule is COc1ccc(C(C)(C)[C@H]2[C@H](CC(=O)N(CCO)Cc3ccccc3)O[C@@]3(C(=O)N(C)c4ccccc43)[C@@H]2C)cc1. The lowest BCUT2D eigenvalue weighted by Gasteiger charge is -2.39. The van der Waals surface area contributed by atoms with Gasteiger partial charge in [0.2, 0.25) is 5.91 Å². The Kier molecular flexibility index (Phi) is 7.95. The van der Waals surface area contributed by atoms with Gasteiger partial charge in [-0.2, -0.15) is 0 Å². The molecule has 0 saturated carbocycles. The van der Waals surface area contributed by atoms with Crippen LogP contribution in [-0.4, -0.2) is 55.2 Å². The molecule has 4 atom stereocenters. The molecule has 0 unspecified atom stereocenters. The van der Waals surface area contributed by atoms with Crippen LogP contribution in [0.15, 0.2) is 78.9 Å². The molecule has 7 heteroatoms. The molecule has 1 N–H and O–H groups in total. The second kappa shape index (κ2) is 11.3. The Morgan fingerprint density at radius 3 is 2.37 bits per heavy atom. The van der Waals surface area contributed by atoms with Crippen molar-refractivity contribution >= 4 is 17.5 Å². The second-order valence-corrected chi connectivity index (χ2v) is 11.8. The summed E-state index contributed by atoms with van der Waals surface area (Å²) in [5.41, 5.74) is 2.12. The molecule has 3 aromatic carbocycles. The first-order valence-electron chi connectivity index (χ1n) is 14.3. The predicted molar refractivity (Wildman–Crippen MR) is 159 cm³/mol. The number of para-hydroxylation sites is 1. The van der Waals surface area contributed by atoms with Crippen LogP contribution in [0.5, 0.6) is 5.75 Å². The first-order chi connectivity index (χ1) is 19.6. The Balaban J connectivity index is 1.54. The minimum Gasteiger partial charge on any atom is -0.497 e. The van der Waals surface area contributed by atoms with Crippen molar-refractivity contribution < 1.29 is 24.2 Å². The molecule has 0 radical (unpaired) electrons. The fourth-order valence-electron chi connectivity index (χ4n) is 7.09. The molecule has 1 saturated heterocycles. The molecule has 2 heterocycles. The second-order valence-electron chi connectivity index (χ2n) is 11.8. The zero-order valence-corrected chi connectivity index (χ0v) is 24.5. The molecule has 5 rings (SSSR count). The lowest BCUT2D eigenvalue weighted by atomic mass is 9.63. The van der Waals surface area contributed by atoms with E-state index in [9.17, 15) is 14.7 Å². The summed E-state index contributed by atoms with van der Waals surface area (Å²) in [4.78, 5) is 31.3.